The summed E-state index contributed by atoms with van der Waals surface area (Å²) in [5.74, 6) is 0.564. The molecule has 0 bridgehead atoms. The zero-order chi connectivity index (χ0) is 24.2. The molecule has 0 fully saturated rings. The van der Waals surface area contributed by atoms with E-state index in [0.717, 1.165) is 12.1 Å². The molecule has 0 radical (unpaired) electrons. The topological polar surface area (TPSA) is 60.5 Å². The number of halogens is 3. The van der Waals surface area contributed by atoms with Gasteiger partial charge in [0.15, 0.2) is 0 Å². The molecule has 2 aromatic rings. The number of benzene rings is 1. The van der Waals surface area contributed by atoms with E-state index < -0.39 is 47.9 Å². The monoisotopic (exact) mass is 560 g/mol. The van der Waals surface area contributed by atoms with E-state index in [4.69, 9.17) is 9.47 Å². The quantitative estimate of drug-likeness (QED) is 0.477. The van der Waals surface area contributed by atoms with Gasteiger partial charge in [-0.15, -0.1) is 0 Å². The second-order valence-corrected chi connectivity index (χ2v) is 24.2. The van der Waals surface area contributed by atoms with Crippen molar-refractivity contribution in [1.82, 2.24) is 10.3 Å². The molecule has 1 heterocycles. The van der Waals surface area contributed by atoms with Crippen LogP contribution in [0, 0.1) is 0 Å². The Morgan fingerprint density at radius 1 is 1.12 bits per heavy atom. The number of alkyl halides is 3. The number of hydrogen-bond acceptors (Lipinski definition) is 4. The minimum atomic E-state index is -4.44. The Balaban J connectivity index is 2.19. The number of amides is 1. The van der Waals surface area contributed by atoms with Gasteiger partial charge in [0.25, 0.3) is 0 Å². The first kappa shape index (κ1) is 26.3. The molecule has 32 heavy (non-hydrogen) atoms. The second-order valence-electron chi connectivity index (χ2n) is 9.72. The molecule has 176 valence electrons. The number of hydrogen-bond donors (Lipinski definition) is 1. The molecule has 5 nitrogen and oxygen atoms in total. The molecule has 0 aliphatic rings. The van der Waals surface area contributed by atoms with E-state index in [1.54, 1.807) is 33.0 Å². The minimum absolute atomic E-state index is 0.0558. The molecule has 0 saturated heterocycles. The number of alkyl carbamates (subject to hydrolysis) is 1. The average molecular weight is 559 g/mol. The van der Waals surface area contributed by atoms with Gasteiger partial charge < -0.3 is 0 Å². The molecule has 0 spiro atoms. The van der Waals surface area contributed by atoms with Crippen LogP contribution in [0.4, 0.5) is 18.0 Å². The normalized spacial score (nSPS) is 13.4. The summed E-state index contributed by atoms with van der Waals surface area (Å²) in [6.07, 6.45) is -1.51. The van der Waals surface area contributed by atoms with Crippen LogP contribution < -0.4 is 13.6 Å². The molecule has 0 saturated carbocycles. The van der Waals surface area contributed by atoms with Gasteiger partial charge in [-0.25, -0.2) is 0 Å². The average Bonchev–Trinajstić information content (AvgIpc) is 2.64. The van der Waals surface area contributed by atoms with Crippen molar-refractivity contribution >= 4 is 28.0 Å². The summed E-state index contributed by atoms with van der Waals surface area (Å²) in [6, 6.07) is 6.40. The molecule has 1 N–H and O–H groups in total. The van der Waals surface area contributed by atoms with E-state index in [1.807, 2.05) is 12.3 Å². The van der Waals surface area contributed by atoms with Gasteiger partial charge in [-0.3, -0.25) is 0 Å². The van der Waals surface area contributed by atoms with Crippen LogP contribution in [-0.4, -0.2) is 47.7 Å². The molecular formula is C23H31F3N2O3Sn. The summed E-state index contributed by atoms with van der Waals surface area (Å²) < 4.78 is 51.6. The first-order valence-corrected chi connectivity index (χ1v) is 20.4. The van der Waals surface area contributed by atoms with Crippen molar-refractivity contribution in [2.24, 2.45) is 0 Å². The molecule has 0 aliphatic heterocycles. The summed E-state index contributed by atoms with van der Waals surface area (Å²) in [4.78, 5) is 23.3. The van der Waals surface area contributed by atoms with Crippen LogP contribution in [0.15, 0.2) is 42.7 Å². The van der Waals surface area contributed by atoms with Crippen LogP contribution >= 0.6 is 0 Å². The van der Waals surface area contributed by atoms with Gasteiger partial charge in [0.2, 0.25) is 0 Å². The third-order valence-electron chi connectivity index (χ3n) is 4.49. The summed E-state index contributed by atoms with van der Waals surface area (Å²) in [7, 11) is 0. The molecule has 0 unspecified atom stereocenters. The third-order valence-corrected chi connectivity index (χ3v) is 10.2. The van der Waals surface area contributed by atoms with Crippen molar-refractivity contribution < 1.29 is 27.4 Å². The first-order chi connectivity index (χ1) is 14.6. The molecule has 1 atom stereocenters. The van der Waals surface area contributed by atoms with Crippen LogP contribution in [-0.2, 0) is 17.3 Å². The number of ether oxygens (including phenoxy) is 2. The third kappa shape index (κ3) is 8.88. The second kappa shape index (κ2) is 10.3. The summed E-state index contributed by atoms with van der Waals surface area (Å²) in [6.45, 7) is 5.27. The summed E-state index contributed by atoms with van der Waals surface area (Å²) >= 11 is -2.35. The number of aromatic nitrogens is 1. The van der Waals surface area contributed by atoms with Gasteiger partial charge in [0.05, 0.1) is 0 Å². The van der Waals surface area contributed by atoms with Crippen LogP contribution in [0.2, 0.25) is 14.8 Å². The van der Waals surface area contributed by atoms with Crippen LogP contribution in [0.1, 0.15) is 31.9 Å². The standard InChI is InChI=1S/C20H22F3N2O3.3CH3.Sn/c1-19(2,3)28-18(26)25-16(13-27-17-8-5-9-24-12-17)11-14-6-4-7-15(10-14)20(21,22)23;;;;/h4,6-10,12,16H,11,13H2,1-3H3,(H,25,26);3*1H3;/t16-;;;;/m0..../s1. The van der Waals surface area contributed by atoms with Crippen LogP contribution in [0.25, 0.3) is 0 Å². The predicted octanol–water partition coefficient (Wildman–Crippen LogP) is 5.16. The van der Waals surface area contributed by atoms with Gasteiger partial charge in [0, 0.05) is 0 Å². The van der Waals surface area contributed by atoms with Crippen molar-refractivity contribution in [2.75, 3.05) is 6.61 Å². The molecule has 0 aliphatic carbocycles. The van der Waals surface area contributed by atoms with E-state index >= 15 is 0 Å². The number of nitrogens with zero attached hydrogens (tertiary/aromatic N) is 1. The Hall–Kier alpha value is -1.97. The molecule has 2 rings (SSSR count). The fraction of sp³-hybridized carbons (Fsp3) is 0.478. The molecule has 1 amide bonds. The number of nitrogens with one attached hydrogen (secondary N) is 1. The fourth-order valence-electron chi connectivity index (χ4n) is 2.89. The number of pyridine rings is 1. The van der Waals surface area contributed by atoms with Crippen molar-refractivity contribution in [2.45, 2.75) is 59.8 Å². The Labute approximate surface area is 191 Å². The van der Waals surface area contributed by atoms with Crippen molar-refractivity contribution in [3.63, 3.8) is 0 Å². The number of carbonyl (C=O) groups excluding carboxylic acids is 1. The predicted molar refractivity (Wildman–Crippen MR) is 121 cm³/mol. The zero-order valence-electron chi connectivity index (χ0n) is 19.3. The maximum absolute atomic E-state index is 13.1. The Morgan fingerprint density at radius 2 is 1.81 bits per heavy atom. The summed E-state index contributed by atoms with van der Waals surface area (Å²) in [5, 5.41) is 2.72. The SMILES string of the molecule is CC(C)(C)OC(=O)N[C@H](COc1cnc[c]([Sn]([CH3])([CH3])[CH3])c1)Cc1cccc(C(F)(F)F)c1. The van der Waals surface area contributed by atoms with Gasteiger partial charge >= 0.3 is 192 Å². The number of rotatable bonds is 7. The zero-order valence-corrected chi connectivity index (χ0v) is 22.2. The van der Waals surface area contributed by atoms with Crippen LogP contribution in [0.5, 0.6) is 5.75 Å². The summed E-state index contributed by atoms with van der Waals surface area (Å²) in [5.41, 5.74) is -1.01. The van der Waals surface area contributed by atoms with E-state index in [-0.39, 0.29) is 13.0 Å². The Kier molecular flexibility index (Phi) is 8.47. The van der Waals surface area contributed by atoms with E-state index in [9.17, 15) is 18.0 Å². The van der Waals surface area contributed by atoms with Gasteiger partial charge in [-0.1, -0.05) is 0 Å². The van der Waals surface area contributed by atoms with Crippen molar-refractivity contribution in [3.8, 4) is 5.75 Å². The molecule has 1 aromatic carbocycles. The van der Waals surface area contributed by atoms with Crippen molar-refractivity contribution in [3.05, 3.63) is 53.9 Å². The van der Waals surface area contributed by atoms with Crippen LogP contribution in [0.3, 0.4) is 0 Å². The van der Waals surface area contributed by atoms with E-state index in [0.29, 0.717) is 11.3 Å². The van der Waals surface area contributed by atoms with Crippen molar-refractivity contribution in [1.29, 1.82) is 0 Å². The van der Waals surface area contributed by atoms with E-state index in [1.165, 1.54) is 9.65 Å². The first-order valence-electron chi connectivity index (χ1n) is 10.4. The Morgan fingerprint density at radius 3 is 2.41 bits per heavy atom. The maximum atomic E-state index is 13.1. The molecule has 9 heteroatoms. The van der Waals surface area contributed by atoms with E-state index in [2.05, 4.69) is 25.1 Å². The Bertz CT molecular complexity index is 922. The number of carbonyl (C=O) groups is 1. The van der Waals surface area contributed by atoms with Gasteiger partial charge in [-0.2, -0.15) is 0 Å². The van der Waals surface area contributed by atoms with Gasteiger partial charge in [0.1, 0.15) is 0 Å². The van der Waals surface area contributed by atoms with Gasteiger partial charge in [-0.05, 0) is 0 Å². The fourth-order valence-corrected chi connectivity index (χ4v) is 5.85. The molecular weight excluding hydrogens is 528 g/mol. The molecule has 1 aromatic heterocycles.